The summed E-state index contributed by atoms with van der Waals surface area (Å²) < 4.78 is 18.7. The summed E-state index contributed by atoms with van der Waals surface area (Å²) >= 11 is 0. The molecule has 21 heavy (non-hydrogen) atoms. The minimum Gasteiger partial charge on any atom is -0.494 e. The van der Waals surface area contributed by atoms with Gasteiger partial charge in [0.25, 0.3) is 0 Å². The standard InChI is InChI=1S/C17H20FNO2/c18-15-8-6-14(7-9-15)17(12-19,13-20)10-11-21-16-4-2-1-3-5-16/h1-9,20H,10-13,19H2. The van der Waals surface area contributed by atoms with Gasteiger partial charge in [-0.25, -0.2) is 4.39 Å². The van der Waals surface area contributed by atoms with Crippen LogP contribution in [0.25, 0.3) is 0 Å². The number of hydrogen-bond donors (Lipinski definition) is 2. The SMILES string of the molecule is NCC(CO)(CCOc1ccccc1)c1ccc(F)cc1. The van der Waals surface area contributed by atoms with E-state index in [1.807, 2.05) is 30.3 Å². The highest BCUT2D eigenvalue weighted by Crippen LogP contribution is 2.27. The van der Waals surface area contributed by atoms with Crippen LogP contribution in [0.3, 0.4) is 0 Å². The summed E-state index contributed by atoms with van der Waals surface area (Å²) in [4.78, 5) is 0. The Hall–Kier alpha value is -1.91. The highest BCUT2D eigenvalue weighted by molar-refractivity contribution is 5.27. The van der Waals surface area contributed by atoms with Crippen molar-refractivity contribution in [3.05, 3.63) is 66.0 Å². The van der Waals surface area contributed by atoms with Crippen molar-refractivity contribution in [3.8, 4) is 5.75 Å². The maximum Gasteiger partial charge on any atom is 0.123 e. The Balaban J connectivity index is 2.06. The molecule has 0 fully saturated rings. The molecule has 0 amide bonds. The molecule has 0 aliphatic heterocycles. The van der Waals surface area contributed by atoms with Gasteiger partial charge in [-0.2, -0.15) is 0 Å². The first-order valence-corrected chi connectivity index (χ1v) is 6.95. The van der Waals surface area contributed by atoms with Gasteiger partial charge in [-0.05, 0) is 36.2 Å². The topological polar surface area (TPSA) is 55.5 Å². The van der Waals surface area contributed by atoms with E-state index in [0.29, 0.717) is 13.0 Å². The van der Waals surface area contributed by atoms with Crippen molar-refractivity contribution < 1.29 is 14.2 Å². The monoisotopic (exact) mass is 289 g/mol. The van der Waals surface area contributed by atoms with E-state index in [2.05, 4.69) is 0 Å². The van der Waals surface area contributed by atoms with Crippen molar-refractivity contribution in [2.45, 2.75) is 11.8 Å². The molecular formula is C17H20FNO2. The van der Waals surface area contributed by atoms with E-state index in [0.717, 1.165) is 11.3 Å². The summed E-state index contributed by atoms with van der Waals surface area (Å²) in [5, 5.41) is 9.77. The minimum absolute atomic E-state index is 0.104. The van der Waals surface area contributed by atoms with Crippen LogP contribution in [0, 0.1) is 5.82 Å². The second kappa shape index (κ2) is 7.20. The molecule has 2 aromatic rings. The van der Waals surface area contributed by atoms with Gasteiger partial charge in [0.15, 0.2) is 0 Å². The van der Waals surface area contributed by atoms with Crippen LogP contribution >= 0.6 is 0 Å². The fourth-order valence-corrected chi connectivity index (χ4v) is 2.28. The van der Waals surface area contributed by atoms with E-state index in [1.165, 1.54) is 12.1 Å². The smallest absolute Gasteiger partial charge is 0.123 e. The molecule has 0 heterocycles. The Bertz CT molecular complexity index is 538. The first kappa shape index (κ1) is 15.5. The van der Waals surface area contributed by atoms with E-state index < -0.39 is 5.41 Å². The van der Waals surface area contributed by atoms with E-state index in [9.17, 15) is 9.50 Å². The van der Waals surface area contributed by atoms with Crippen LogP contribution in [0.4, 0.5) is 4.39 Å². The summed E-state index contributed by atoms with van der Waals surface area (Å²) in [6, 6.07) is 15.6. The summed E-state index contributed by atoms with van der Waals surface area (Å²) in [6.45, 7) is 0.597. The van der Waals surface area contributed by atoms with Gasteiger partial charge in [0.2, 0.25) is 0 Å². The molecular weight excluding hydrogens is 269 g/mol. The first-order valence-electron chi connectivity index (χ1n) is 6.95. The highest BCUT2D eigenvalue weighted by atomic mass is 19.1. The number of rotatable bonds is 7. The Labute approximate surface area is 124 Å². The molecule has 2 rings (SSSR count). The van der Waals surface area contributed by atoms with E-state index in [4.69, 9.17) is 10.5 Å². The second-order valence-corrected chi connectivity index (χ2v) is 5.06. The molecule has 1 unspecified atom stereocenters. The zero-order valence-corrected chi connectivity index (χ0v) is 11.8. The number of aliphatic hydroxyl groups excluding tert-OH is 1. The molecule has 2 aromatic carbocycles. The number of halogens is 1. The van der Waals surface area contributed by atoms with Crippen molar-refractivity contribution in [2.24, 2.45) is 5.73 Å². The Morgan fingerprint density at radius 3 is 2.29 bits per heavy atom. The van der Waals surface area contributed by atoms with Crippen LogP contribution in [0.5, 0.6) is 5.75 Å². The minimum atomic E-state index is -0.609. The van der Waals surface area contributed by atoms with Crippen LogP contribution in [-0.4, -0.2) is 24.9 Å². The fourth-order valence-electron chi connectivity index (χ4n) is 2.28. The van der Waals surface area contributed by atoms with Gasteiger partial charge in [0, 0.05) is 12.0 Å². The van der Waals surface area contributed by atoms with Crippen molar-refractivity contribution in [1.82, 2.24) is 0 Å². The Morgan fingerprint density at radius 2 is 1.71 bits per heavy atom. The molecule has 3 N–H and O–H groups in total. The number of nitrogens with two attached hydrogens (primary N) is 1. The zero-order chi connectivity index (χ0) is 15.1. The summed E-state index contributed by atoms with van der Waals surface area (Å²) in [7, 11) is 0. The van der Waals surface area contributed by atoms with Crippen LogP contribution in [-0.2, 0) is 5.41 Å². The van der Waals surface area contributed by atoms with Crippen molar-refractivity contribution in [3.63, 3.8) is 0 Å². The lowest BCUT2D eigenvalue weighted by Gasteiger charge is -2.31. The number of aliphatic hydroxyl groups is 1. The average Bonchev–Trinajstić information content (AvgIpc) is 2.54. The second-order valence-electron chi connectivity index (χ2n) is 5.06. The van der Waals surface area contributed by atoms with E-state index in [1.54, 1.807) is 12.1 Å². The maximum absolute atomic E-state index is 13.0. The van der Waals surface area contributed by atoms with Crippen molar-refractivity contribution >= 4 is 0 Å². The average molecular weight is 289 g/mol. The normalized spacial score (nSPS) is 13.7. The Kier molecular flexibility index (Phi) is 5.31. The molecule has 3 nitrogen and oxygen atoms in total. The molecule has 0 spiro atoms. The lowest BCUT2D eigenvalue weighted by molar-refractivity contribution is 0.163. The number of ether oxygens (including phenoxy) is 1. The quantitative estimate of drug-likeness (QED) is 0.823. The van der Waals surface area contributed by atoms with Gasteiger partial charge in [0.05, 0.1) is 13.2 Å². The summed E-state index contributed by atoms with van der Waals surface area (Å²) in [6.07, 6.45) is 0.556. The molecule has 1 atom stereocenters. The van der Waals surface area contributed by atoms with Crippen molar-refractivity contribution in [2.75, 3.05) is 19.8 Å². The van der Waals surface area contributed by atoms with Crippen LogP contribution in [0.1, 0.15) is 12.0 Å². The molecule has 0 saturated carbocycles. The van der Waals surface area contributed by atoms with Gasteiger partial charge < -0.3 is 15.6 Å². The summed E-state index contributed by atoms with van der Waals surface area (Å²) in [5.41, 5.74) is 6.07. The third kappa shape index (κ3) is 3.80. The molecule has 0 aromatic heterocycles. The molecule has 112 valence electrons. The number of para-hydroxylation sites is 1. The lowest BCUT2D eigenvalue weighted by Crippen LogP contribution is -2.40. The third-order valence-electron chi connectivity index (χ3n) is 3.74. The van der Waals surface area contributed by atoms with Gasteiger partial charge in [0.1, 0.15) is 11.6 Å². The number of benzene rings is 2. The van der Waals surface area contributed by atoms with Gasteiger partial charge >= 0.3 is 0 Å². The van der Waals surface area contributed by atoms with Gasteiger partial charge in [-0.3, -0.25) is 0 Å². The molecule has 0 aliphatic carbocycles. The van der Waals surface area contributed by atoms with Crippen LogP contribution in [0.2, 0.25) is 0 Å². The van der Waals surface area contributed by atoms with Crippen LogP contribution in [0.15, 0.2) is 54.6 Å². The highest BCUT2D eigenvalue weighted by Gasteiger charge is 2.30. The molecule has 0 radical (unpaired) electrons. The predicted octanol–water partition coefficient (Wildman–Crippen LogP) is 2.48. The molecule has 4 heteroatoms. The molecule has 0 aliphatic rings. The summed E-state index contributed by atoms with van der Waals surface area (Å²) in [5.74, 6) is 0.476. The predicted molar refractivity (Wildman–Crippen MR) is 80.8 cm³/mol. The first-order chi connectivity index (χ1) is 10.2. The maximum atomic E-state index is 13.0. The Morgan fingerprint density at radius 1 is 1.05 bits per heavy atom. The van der Waals surface area contributed by atoms with Gasteiger partial charge in [-0.15, -0.1) is 0 Å². The molecule has 0 bridgehead atoms. The lowest BCUT2D eigenvalue weighted by atomic mass is 9.78. The van der Waals surface area contributed by atoms with E-state index >= 15 is 0 Å². The zero-order valence-electron chi connectivity index (χ0n) is 11.8. The largest absolute Gasteiger partial charge is 0.494 e. The van der Waals surface area contributed by atoms with Crippen molar-refractivity contribution in [1.29, 1.82) is 0 Å². The molecule has 0 saturated heterocycles. The van der Waals surface area contributed by atoms with Crippen LogP contribution < -0.4 is 10.5 Å². The van der Waals surface area contributed by atoms with E-state index in [-0.39, 0.29) is 19.0 Å². The fraction of sp³-hybridized carbons (Fsp3) is 0.294. The number of hydrogen-bond acceptors (Lipinski definition) is 3. The third-order valence-corrected chi connectivity index (χ3v) is 3.74. The van der Waals surface area contributed by atoms with Gasteiger partial charge in [-0.1, -0.05) is 30.3 Å².